The molecule has 0 bridgehead atoms. The van der Waals surface area contributed by atoms with Crippen LogP contribution in [0, 0.1) is 0 Å². The minimum atomic E-state index is -0.184. The van der Waals surface area contributed by atoms with Gasteiger partial charge in [-0.25, -0.2) is 0 Å². The molecule has 0 atom stereocenters. The number of likely N-dealkylation sites (N-methyl/N-ethyl adjacent to an activating group) is 1. The second-order valence-electron chi connectivity index (χ2n) is 8.30. The third-order valence-electron chi connectivity index (χ3n) is 5.90. The van der Waals surface area contributed by atoms with E-state index in [2.05, 4.69) is 28.2 Å². The summed E-state index contributed by atoms with van der Waals surface area (Å²) in [6.45, 7) is 5.38. The minimum absolute atomic E-state index is 0.136. The molecule has 2 fully saturated rings. The van der Waals surface area contributed by atoms with Crippen LogP contribution in [0.5, 0.6) is 0 Å². The fourth-order valence-electron chi connectivity index (χ4n) is 3.96. The zero-order chi connectivity index (χ0) is 21.8. The number of nitrogens with zero attached hydrogens (tertiary/aromatic N) is 3. The summed E-state index contributed by atoms with van der Waals surface area (Å²) in [5.41, 5.74) is 3.31. The normalized spacial score (nSPS) is 17.9. The number of nitrogens with one attached hydrogen (secondary N) is 1. The van der Waals surface area contributed by atoms with Crippen LogP contribution in [0.1, 0.15) is 34.3 Å². The number of piperazine rings is 1. The second kappa shape index (κ2) is 9.41. The maximum absolute atomic E-state index is 12.7. The fourth-order valence-corrected chi connectivity index (χ4v) is 3.96. The van der Waals surface area contributed by atoms with Gasteiger partial charge in [0.15, 0.2) is 0 Å². The first kappa shape index (κ1) is 21.2. The van der Waals surface area contributed by atoms with Gasteiger partial charge in [-0.1, -0.05) is 24.3 Å². The smallest absolute Gasteiger partial charge is 0.255 e. The molecule has 0 spiro atoms. The van der Waals surface area contributed by atoms with Crippen molar-refractivity contribution < 1.29 is 14.4 Å². The summed E-state index contributed by atoms with van der Waals surface area (Å²) in [4.78, 5) is 42.2. The maximum atomic E-state index is 12.7. The molecule has 2 heterocycles. The fraction of sp³-hybridized carbons (Fsp3) is 0.375. The summed E-state index contributed by atoms with van der Waals surface area (Å²) in [7, 11) is 2.14. The molecule has 7 heteroatoms. The first-order chi connectivity index (χ1) is 15.0. The van der Waals surface area contributed by atoms with E-state index >= 15 is 0 Å². The van der Waals surface area contributed by atoms with Gasteiger partial charge in [-0.2, -0.15) is 0 Å². The summed E-state index contributed by atoms with van der Waals surface area (Å²) in [6, 6.07) is 15.0. The predicted octanol–water partition coefficient (Wildman–Crippen LogP) is 2.34. The number of rotatable bonds is 6. The lowest BCUT2D eigenvalue weighted by Gasteiger charge is -2.32. The van der Waals surface area contributed by atoms with Crippen LogP contribution < -0.4 is 5.32 Å². The Bertz CT molecular complexity index is 949. The Kier molecular flexibility index (Phi) is 6.44. The quantitative estimate of drug-likeness (QED) is 0.727. The topological polar surface area (TPSA) is 73.0 Å². The average Bonchev–Trinajstić information content (AvgIpc) is 3.08. The van der Waals surface area contributed by atoms with Crippen molar-refractivity contribution >= 4 is 23.4 Å². The van der Waals surface area contributed by atoms with Crippen molar-refractivity contribution in [3.63, 3.8) is 0 Å². The SMILES string of the molecule is CN1CCN(Cc2cccc(NC(=O)c3ccc(CN4C(=O)CCC4=O)cc3)c2)CC1. The van der Waals surface area contributed by atoms with Gasteiger partial charge in [-0.15, -0.1) is 0 Å². The van der Waals surface area contributed by atoms with E-state index in [0.717, 1.165) is 44.0 Å². The minimum Gasteiger partial charge on any atom is -0.322 e. The molecule has 0 saturated carbocycles. The second-order valence-corrected chi connectivity index (χ2v) is 8.30. The van der Waals surface area contributed by atoms with Gasteiger partial charge in [0.25, 0.3) is 5.91 Å². The van der Waals surface area contributed by atoms with E-state index in [1.165, 1.54) is 10.5 Å². The molecule has 1 N–H and O–H groups in total. The Hall–Kier alpha value is -3.03. The van der Waals surface area contributed by atoms with Crippen molar-refractivity contribution in [2.45, 2.75) is 25.9 Å². The van der Waals surface area contributed by atoms with E-state index in [1.54, 1.807) is 24.3 Å². The number of benzene rings is 2. The number of likely N-dealkylation sites (tertiary alicyclic amines) is 1. The maximum Gasteiger partial charge on any atom is 0.255 e. The predicted molar refractivity (Wildman–Crippen MR) is 118 cm³/mol. The molecule has 2 aliphatic heterocycles. The van der Waals surface area contributed by atoms with Crippen molar-refractivity contribution in [3.05, 3.63) is 65.2 Å². The molecule has 2 aliphatic rings. The van der Waals surface area contributed by atoms with Gasteiger partial charge >= 0.3 is 0 Å². The van der Waals surface area contributed by atoms with Crippen molar-refractivity contribution in [2.24, 2.45) is 0 Å². The van der Waals surface area contributed by atoms with E-state index in [1.807, 2.05) is 18.2 Å². The van der Waals surface area contributed by atoms with Gasteiger partial charge in [0.1, 0.15) is 0 Å². The number of hydrogen-bond acceptors (Lipinski definition) is 5. The molecular weight excluding hydrogens is 392 g/mol. The van der Waals surface area contributed by atoms with Crippen LogP contribution in [-0.4, -0.2) is 65.6 Å². The molecule has 3 amide bonds. The van der Waals surface area contributed by atoms with Crippen LogP contribution >= 0.6 is 0 Å². The van der Waals surface area contributed by atoms with E-state index in [4.69, 9.17) is 0 Å². The Balaban J connectivity index is 1.34. The number of carbonyl (C=O) groups is 3. The molecule has 2 saturated heterocycles. The van der Waals surface area contributed by atoms with Crippen LogP contribution in [0.25, 0.3) is 0 Å². The number of anilines is 1. The lowest BCUT2D eigenvalue weighted by molar-refractivity contribution is -0.139. The van der Waals surface area contributed by atoms with Crippen LogP contribution in [0.2, 0.25) is 0 Å². The van der Waals surface area contributed by atoms with Gasteiger partial charge < -0.3 is 10.2 Å². The molecule has 0 unspecified atom stereocenters. The molecule has 162 valence electrons. The first-order valence-corrected chi connectivity index (χ1v) is 10.7. The Morgan fingerprint density at radius 3 is 2.23 bits per heavy atom. The molecule has 2 aromatic carbocycles. The van der Waals surface area contributed by atoms with E-state index in [-0.39, 0.29) is 37.1 Å². The van der Waals surface area contributed by atoms with Crippen molar-refractivity contribution in [1.82, 2.24) is 14.7 Å². The average molecular weight is 421 g/mol. The summed E-state index contributed by atoms with van der Waals surface area (Å²) >= 11 is 0. The Morgan fingerprint density at radius 2 is 1.55 bits per heavy atom. The number of amides is 3. The molecule has 0 radical (unpaired) electrons. The van der Waals surface area contributed by atoms with Gasteiger partial charge in [0, 0.05) is 56.8 Å². The number of hydrogen-bond donors (Lipinski definition) is 1. The highest BCUT2D eigenvalue weighted by atomic mass is 16.2. The number of carbonyl (C=O) groups excluding carboxylic acids is 3. The molecule has 4 rings (SSSR count). The summed E-state index contributed by atoms with van der Waals surface area (Å²) < 4.78 is 0. The summed E-state index contributed by atoms with van der Waals surface area (Å²) in [5, 5.41) is 2.97. The van der Waals surface area contributed by atoms with E-state index in [9.17, 15) is 14.4 Å². The van der Waals surface area contributed by atoms with E-state index < -0.39 is 0 Å². The van der Waals surface area contributed by atoms with Crippen LogP contribution in [0.3, 0.4) is 0 Å². The summed E-state index contributed by atoms with van der Waals surface area (Å²) in [6.07, 6.45) is 0.570. The highest BCUT2D eigenvalue weighted by Gasteiger charge is 2.28. The van der Waals surface area contributed by atoms with Gasteiger partial charge in [0.05, 0.1) is 6.54 Å². The monoisotopic (exact) mass is 420 g/mol. The van der Waals surface area contributed by atoms with Crippen LogP contribution in [-0.2, 0) is 22.7 Å². The Labute approximate surface area is 182 Å². The lowest BCUT2D eigenvalue weighted by atomic mass is 10.1. The van der Waals surface area contributed by atoms with Crippen molar-refractivity contribution in [2.75, 3.05) is 38.5 Å². The van der Waals surface area contributed by atoms with E-state index in [0.29, 0.717) is 5.56 Å². The lowest BCUT2D eigenvalue weighted by Crippen LogP contribution is -2.43. The summed E-state index contributed by atoms with van der Waals surface area (Å²) in [5.74, 6) is -0.455. The van der Waals surface area contributed by atoms with Gasteiger partial charge in [-0.3, -0.25) is 24.2 Å². The molecule has 31 heavy (non-hydrogen) atoms. The van der Waals surface area contributed by atoms with Crippen LogP contribution in [0.4, 0.5) is 5.69 Å². The van der Waals surface area contributed by atoms with Crippen LogP contribution in [0.15, 0.2) is 48.5 Å². The molecule has 2 aromatic rings. The zero-order valence-corrected chi connectivity index (χ0v) is 17.8. The van der Waals surface area contributed by atoms with Gasteiger partial charge in [-0.05, 0) is 42.4 Å². The van der Waals surface area contributed by atoms with Gasteiger partial charge in [0.2, 0.25) is 11.8 Å². The highest BCUT2D eigenvalue weighted by molar-refractivity contribution is 6.04. The van der Waals surface area contributed by atoms with Crippen molar-refractivity contribution in [1.29, 1.82) is 0 Å². The molecule has 7 nitrogen and oxygen atoms in total. The zero-order valence-electron chi connectivity index (χ0n) is 17.8. The Morgan fingerprint density at radius 1 is 0.871 bits per heavy atom. The molecule has 0 aromatic heterocycles. The first-order valence-electron chi connectivity index (χ1n) is 10.7. The highest BCUT2D eigenvalue weighted by Crippen LogP contribution is 2.18. The molecule has 0 aliphatic carbocycles. The third-order valence-corrected chi connectivity index (χ3v) is 5.90. The third kappa shape index (κ3) is 5.37. The van der Waals surface area contributed by atoms with Crippen molar-refractivity contribution in [3.8, 4) is 0 Å². The molecular formula is C24H28N4O3. The standard InChI is InChI=1S/C24H28N4O3/c1-26-11-13-27(14-12-26)16-19-3-2-4-21(15-19)25-24(31)20-7-5-18(6-8-20)17-28-22(29)9-10-23(28)30/h2-8,15H,9-14,16-17H2,1H3,(H,25,31). The largest absolute Gasteiger partial charge is 0.322 e. The number of imide groups is 1.